The SMILES string of the molecule is COc1ccc(-c2csc(NC(=O)Cc3cccc4ccccc34)n2)cc1. The molecule has 0 aliphatic rings. The summed E-state index contributed by atoms with van der Waals surface area (Å²) in [6, 6.07) is 21.8. The van der Waals surface area contributed by atoms with E-state index in [2.05, 4.69) is 22.4 Å². The van der Waals surface area contributed by atoms with Crippen LogP contribution in [0.25, 0.3) is 22.0 Å². The van der Waals surface area contributed by atoms with Crippen LogP contribution in [0.5, 0.6) is 5.75 Å². The van der Waals surface area contributed by atoms with E-state index in [1.54, 1.807) is 7.11 Å². The summed E-state index contributed by atoms with van der Waals surface area (Å²) in [5, 5.41) is 7.70. The Bertz CT molecular complexity index is 1080. The molecule has 4 aromatic rings. The van der Waals surface area contributed by atoms with Gasteiger partial charge in [0.1, 0.15) is 5.75 Å². The molecule has 0 radical (unpaired) electrons. The Balaban J connectivity index is 1.47. The zero-order chi connectivity index (χ0) is 18.6. The highest BCUT2D eigenvalue weighted by Crippen LogP contribution is 2.27. The first-order chi connectivity index (χ1) is 13.2. The van der Waals surface area contributed by atoms with E-state index >= 15 is 0 Å². The number of benzene rings is 3. The van der Waals surface area contributed by atoms with Crippen LogP contribution >= 0.6 is 11.3 Å². The number of fused-ring (bicyclic) bond motifs is 1. The van der Waals surface area contributed by atoms with Gasteiger partial charge in [-0.05, 0) is 40.6 Å². The number of carbonyl (C=O) groups is 1. The first kappa shape index (κ1) is 17.2. The maximum absolute atomic E-state index is 12.5. The maximum atomic E-state index is 12.5. The Morgan fingerprint density at radius 2 is 1.81 bits per heavy atom. The van der Waals surface area contributed by atoms with Crippen molar-refractivity contribution in [3.05, 3.63) is 77.7 Å². The summed E-state index contributed by atoms with van der Waals surface area (Å²) in [6.07, 6.45) is 0.318. The normalized spacial score (nSPS) is 10.7. The fourth-order valence-electron chi connectivity index (χ4n) is 3.01. The van der Waals surface area contributed by atoms with Gasteiger partial charge in [0.05, 0.1) is 19.2 Å². The van der Waals surface area contributed by atoms with Gasteiger partial charge in [-0.1, -0.05) is 42.5 Å². The molecule has 1 amide bonds. The fraction of sp³-hybridized carbons (Fsp3) is 0.0909. The quantitative estimate of drug-likeness (QED) is 0.525. The molecule has 3 aromatic carbocycles. The summed E-state index contributed by atoms with van der Waals surface area (Å²) in [7, 11) is 1.64. The molecule has 0 atom stereocenters. The minimum atomic E-state index is -0.0676. The highest BCUT2D eigenvalue weighted by atomic mass is 32.1. The van der Waals surface area contributed by atoms with Crippen molar-refractivity contribution in [2.75, 3.05) is 12.4 Å². The minimum Gasteiger partial charge on any atom is -0.497 e. The molecule has 4 rings (SSSR count). The maximum Gasteiger partial charge on any atom is 0.230 e. The summed E-state index contributed by atoms with van der Waals surface area (Å²) in [4.78, 5) is 17.0. The molecule has 1 N–H and O–H groups in total. The third-order valence-electron chi connectivity index (χ3n) is 4.37. The van der Waals surface area contributed by atoms with Crippen LogP contribution in [0.3, 0.4) is 0 Å². The van der Waals surface area contributed by atoms with Gasteiger partial charge >= 0.3 is 0 Å². The van der Waals surface area contributed by atoms with Crippen LogP contribution in [-0.2, 0) is 11.2 Å². The van der Waals surface area contributed by atoms with Gasteiger partial charge in [0, 0.05) is 10.9 Å². The largest absolute Gasteiger partial charge is 0.497 e. The number of nitrogens with zero attached hydrogens (tertiary/aromatic N) is 1. The number of carbonyl (C=O) groups excluding carboxylic acids is 1. The van der Waals surface area contributed by atoms with Crippen LogP contribution in [0.1, 0.15) is 5.56 Å². The van der Waals surface area contributed by atoms with Gasteiger partial charge in [0.15, 0.2) is 5.13 Å². The van der Waals surface area contributed by atoms with Gasteiger partial charge in [0.25, 0.3) is 0 Å². The number of hydrogen-bond donors (Lipinski definition) is 1. The number of rotatable bonds is 5. The van der Waals surface area contributed by atoms with Crippen LogP contribution in [0, 0.1) is 0 Å². The first-order valence-corrected chi connectivity index (χ1v) is 9.47. The Morgan fingerprint density at radius 3 is 2.63 bits per heavy atom. The molecule has 0 fully saturated rings. The zero-order valence-corrected chi connectivity index (χ0v) is 15.6. The van der Waals surface area contributed by atoms with Crippen LogP contribution in [-0.4, -0.2) is 18.0 Å². The lowest BCUT2D eigenvalue weighted by Gasteiger charge is -2.06. The third kappa shape index (κ3) is 3.83. The van der Waals surface area contributed by atoms with Gasteiger partial charge in [0.2, 0.25) is 5.91 Å². The number of methoxy groups -OCH3 is 1. The molecule has 4 nitrogen and oxygen atoms in total. The lowest BCUT2D eigenvalue weighted by molar-refractivity contribution is -0.115. The molecule has 0 bridgehead atoms. The molecule has 1 aromatic heterocycles. The first-order valence-electron chi connectivity index (χ1n) is 8.59. The van der Waals surface area contributed by atoms with Crippen LogP contribution in [0.15, 0.2) is 72.1 Å². The molecule has 0 unspecified atom stereocenters. The van der Waals surface area contributed by atoms with Crippen molar-refractivity contribution in [3.8, 4) is 17.0 Å². The van der Waals surface area contributed by atoms with Crippen molar-refractivity contribution < 1.29 is 9.53 Å². The summed E-state index contributed by atoms with van der Waals surface area (Å²) >= 11 is 1.42. The number of anilines is 1. The van der Waals surface area contributed by atoms with E-state index in [1.807, 2.05) is 60.0 Å². The molecule has 1 heterocycles. The van der Waals surface area contributed by atoms with E-state index in [-0.39, 0.29) is 5.91 Å². The van der Waals surface area contributed by atoms with Gasteiger partial charge in [-0.3, -0.25) is 4.79 Å². The molecular formula is C22H18N2O2S. The topological polar surface area (TPSA) is 51.2 Å². The molecule has 0 aliphatic heterocycles. The van der Waals surface area contributed by atoms with E-state index in [1.165, 1.54) is 11.3 Å². The molecule has 0 spiro atoms. The summed E-state index contributed by atoms with van der Waals surface area (Å²) in [5.41, 5.74) is 2.84. The number of amides is 1. The van der Waals surface area contributed by atoms with Gasteiger partial charge in [-0.2, -0.15) is 0 Å². The Kier molecular flexibility index (Phi) is 4.85. The summed E-state index contributed by atoms with van der Waals surface area (Å²) in [5.74, 6) is 0.736. The minimum absolute atomic E-state index is 0.0676. The average molecular weight is 374 g/mol. The van der Waals surface area contributed by atoms with E-state index in [0.29, 0.717) is 11.6 Å². The van der Waals surface area contributed by atoms with Gasteiger partial charge in [-0.25, -0.2) is 4.98 Å². The van der Waals surface area contributed by atoms with E-state index < -0.39 is 0 Å². The second kappa shape index (κ2) is 7.60. The zero-order valence-electron chi connectivity index (χ0n) is 14.8. The summed E-state index contributed by atoms with van der Waals surface area (Å²) in [6.45, 7) is 0. The van der Waals surface area contributed by atoms with Crippen molar-refractivity contribution in [3.63, 3.8) is 0 Å². The van der Waals surface area contributed by atoms with Crippen molar-refractivity contribution in [2.24, 2.45) is 0 Å². The van der Waals surface area contributed by atoms with E-state index in [0.717, 1.165) is 33.3 Å². The Hall–Kier alpha value is -3.18. The molecule has 5 heteroatoms. The second-order valence-electron chi connectivity index (χ2n) is 6.13. The second-order valence-corrected chi connectivity index (χ2v) is 6.99. The highest BCUT2D eigenvalue weighted by molar-refractivity contribution is 7.14. The number of hydrogen-bond acceptors (Lipinski definition) is 4. The Morgan fingerprint density at radius 1 is 1.04 bits per heavy atom. The molecule has 0 aliphatic carbocycles. The lowest BCUT2D eigenvalue weighted by atomic mass is 10.0. The number of ether oxygens (including phenoxy) is 1. The molecule has 27 heavy (non-hydrogen) atoms. The average Bonchev–Trinajstić information content (AvgIpc) is 3.16. The van der Waals surface area contributed by atoms with Crippen molar-refractivity contribution >= 4 is 33.1 Å². The van der Waals surface area contributed by atoms with Gasteiger partial charge < -0.3 is 10.1 Å². The number of thiazole rings is 1. The third-order valence-corrected chi connectivity index (χ3v) is 5.12. The Labute approximate surface area is 161 Å². The standard InChI is InChI=1S/C22H18N2O2S/c1-26-18-11-9-16(10-12-18)20-14-27-22(23-20)24-21(25)13-17-7-4-6-15-5-2-3-8-19(15)17/h2-12,14H,13H2,1H3,(H,23,24,25). The molecule has 0 saturated carbocycles. The lowest BCUT2D eigenvalue weighted by Crippen LogP contribution is -2.14. The fourth-order valence-corrected chi connectivity index (χ4v) is 3.74. The monoisotopic (exact) mass is 374 g/mol. The molecular weight excluding hydrogens is 356 g/mol. The number of aromatic nitrogens is 1. The van der Waals surface area contributed by atoms with Crippen molar-refractivity contribution in [2.45, 2.75) is 6.42 Å². The predicted molar refractivity (Wildman–Crippen MR) is 110 cm³/mol. The van der Waals surface area contributed by atoms with E-state index in [4.69, 9.17) is 4.74 Å². The van der Waals surface area contributed by atoms with Crippen LogP contribution in [0.4, 0.5) is 5.13 Å². The van der Waals surface area contributed by atoms with Crippen LogP contribution in [0.2, 0.25) is 0 Å². The molecule has 0 saturated heterocycles. The number of nitrogens with one attached hydrogen (secondary N) is 1. The van der Waals surface area contributed by atoms with Crippen molar-refractivity contribution in [1.82, 2.24) is 4.98 Å². The predicted octanol–water partition coefficient (Wildman–Crippen LogP) is 5.15. The summed E-state index contributed by atoms with van der Waals surface area (Å²) < 4.78 is 5.18. The van der Waals surface area contributed by atoms with Crippen molar-refractivity contribution in [1.29, 1.82) is 0 Å². The molecule has 134 valence electrons. The van der Waals surface area contributed by atoms with Gasteiger partial charge in [-0.15, -0.1) is 11.3 Å². The highest BCUT2D eigenvalue weighted by Gasteiger charge is 2.10. The van der Waals surface area contributed by atoms with Crippen LogP contribution < -0.4 is 10.1 Å². The smallest absolute Gasteiger partial charge is 0.230 e. The van der Waals surface area contributed by atoms with E-state index in [9.17, 15) is 4.79 Å².